The summed E-state index contributed by atoms with van der Waals surface area (Å²) in [6, 6.07) is 13.4. The fourth-order valence-corrected chi connectivity index (χ4v) is 49.8. The number of rotatable bonds is 51. The van der Waals surface area contributed by atoms with Gasteiger partial charge in [0.1, 0.15) is 0 Å². The summed E-state index contributed by atoms with van der Waals surface area (Å²) in [6.45, 7) is 36.4. The van der Waals surface area contributed by atoms with Crippen LogP contribution in [-0.4, -0.2) is 57.1 Å². The predicted molar refractivity (Wildman–Crippen MR) is 317 cm³/mol. The van der Waals surface area contributed by atoms with Gasteiger partial charge in [-0.05, 0) is 73.4 Å². The van der Waals surface area contributed by atoms with E-state index in [4.69, 9.17) is 25.0 Å². The molecule has 7 nitrogen and oxygen atoms in total. The minimum atomic E-state index is -3.13. The van der Waals surface area contributed by atoms with Gasteiger partial charge in [-0.3, -0.25) is 0 Å². The lowest BCUT2D eigenvalue weighted by molar-refractivity contribution is -0.132. The molecular formula is C56H122O7Si6. The van der Waals surface area contributed by atoms with Gasteiger partial charge < -0.3 is 25.0 Å². The summed E-state index contributed by atoms with van der Waals surface area (Å²) in [6.07, 6.45) is 29.2. The van der Waals surface area contributed by atoms with Crippen LogP contribution in [0.15, 0.2) is 12.2 Å². The summed E-state index contributed by atoms with van der Waals surface area (Å²) < 4.78 is 49.3. The van der Waals surface area contributed by atoms with E-state index >= 15 is 0 Å². The molecule has 0 aliphatic carbocycles. The molecule has 0 unspecified atom stereocenters. The molecule has 13 heteroatoms. The summed E-state index contributed by atoms with van der Waals surface area (Å²) in [5.41, 5.74) is 0.462. The molecular weight excluding hydrogens is 953 g/mol. The lowest BCUT2D eigenvalue weighted by atomic mass is 10.4. The molecule has 0 aromatic heterocycles. The van der Waals surface area contributed by atoms with E-state index in [-0.39, 0.29) is 5.97 Å². The van der Waals surface area contributed by atoms with E-state index < -0.39 is 51.1 Å². The second-order valence-corrected chi connectivity index (χ2v) is 44.0. The summed E-state index contributed by atoms with van der Waals surface area (Å²) in [7, 11) is -17.4. The highest BCUT2D eigenvalue weighted by Crippen LogP contribution is 2.45. The van der Waals surface area contributed by atoms with Crippen molar-refractivity contribution in [2.75, 3.05) is 0 Å². The Kier molecular flexibility index (Phi) is 40.8. The fourth-order valence-electron chi connectivity index (χ4n) is 10.2. The van der Waals surface area contributed by atoms with Gasteiger partial charge in [0.2, 0.25) is 0 Å². The Morgan fingerprint density at radius 3 is 0.667 bits per heavy atom. The molecule has 0 heterocycles. The van der Waals surface area contributed by atoms with Crippen LogP contribution >= 0.6 is 0 Å². The Bertz CT molecular complexity index is 1200. The molecule has 0 aliphatic rings. The Morgan fingerprint density at radius 1 is 0.290 bits per heavy atom. The molecule has 0 rings (SSSR count). The molecule has 0 amide bonds. The molecule has 0 N–H and O–H groups in total. The standard InChI is InChI=1S/C56H122O7Si6/c1-16-29-42-64(43-30-17-2,44-31-18-3)59-66(47-34-21-6,48-35-22-7)61-68(51-38-25-10,52-39-26-11)63-69(53-40-27-12,54-41-28-13)62-67(49-36-23-8,50-37-24-9)60-65(45-32-19-4,46-33-20-5)58-56(57)55(14)15/h14,16-54H2,1-13,15H3. The van der Waals surface area contributed by atoms with Crippen molar-refractivity contribution in [2.24, 2.45) is 0 Å². The van der Waals surface area contributed by atoms with Gasteiger partial charge in [-0.15, -0.1) is 0 Å². The quantitative estimate of drug-likeness (QED) is 0.0444. The van der Waals surface area contributed by atoms with Crippen molar-refractivity contribution in [3.05, 3.63) is 12.2 Å². The highest BCUT2D eigenvalue weighted by molar-refractivity contribution is 6.93. The third-order valence-electron chi connectivity index (χ3n) is 14.6. The summed E-state index contributed by atoms with van der Waals surface area (Å²) in [5, 5.41) is 0. The minimum absolute atomic E-state index is 0.282. The van der Waals surface area contributed by atoms with Gasteiger partial charge in [-0.1, -0.05) is 264 Å². The van der Waals surface area contributed by atoms with Crippen molar-refractivity contribution in [3.63, 3.8) is 0 Å². The first-order chi connectivity index (χ1) is 33.2. The van der Waals surface area contributed by atoms with Crippen LogP contribution in [0.4, 0.5) is 0 Å². The first-order valence-corrected chi connectivity index (χ1v) is 44.2. The maximum Gasteiger partial charge on any atom is 0.393 e. The lowest BCUT2D eigenvalue weighted by Gasteiger charge is -2.51. The van der Waals surface area contributed by atoms with E-state index in [1.165, 1.54) is 56.7 Å². The average molecular weight is 1080 g/mol. The Labute approximate surface area is 439 Å². The van der Waals surface area contributed by atoms with Gasteiger partial charge in [-0.25, -0.2) is 4.79 Å². The van der Waals surface area contributed by atoms with Crippen LogP contribution in [-0.2, 0) is 29.8 Å². The number of unbranched alkanes of at least 4 members (excludes halogenated alkanes) is 13. The van der Waals surface area contributed by atoms with Crippen LogP contribution < -0.4 is 0 Å². The second-order valence-electron chi connectivity index (χ2n) is 21.8. The second kappa shape index (κ2) is 40.6. The number of carbonyl (C=O) groups is 1. The topological polar surface area (TPSA) is 72.5 Å². The predicted octanol–water partition coefficient (Wildman–Crippen LogP) is 20.7. The van der Waals surface area contributed by atoms with Crippen molar-refractivity contribution >= 4 is 57.1 Å². The number of carbonyl (C=O) groups excluding carboxylic acids is 1. The molecule has 0 fully saturated rings. The van der Waals surface area contributed by atoms with E-state index in [9.17, 15) is 4.79 Å². The Morgan fingerprint density at radius 2 is 0.464 bits per heavy atom. The highest BCUT2D eigenvalue weighted by atomic mass is 28.5. The maximum atomic E-state index is 13.9. The molecule has 0 radical (unpaired) electrons. The highest BCUT2D eigenvalue weighted by Gasteiger charge is 2.59. The van der Waals surface area contributed by atoms with Crippen molar-refractivity contribution in [1.82, 2.24) is 0 Å². The zero-order valence-electron chi connectivity index (χ0n) is 49.1. The smallest absolute Gasteiger partial charge is 0.393 e. The van der Waals surface area contributed by atoms with E-state index in [2.05, 4.69) is 96.6 Å². The van der Waals surface area contributed by atoms with E-state index in [1.807, 2.05) is 0 Å². The monoisotopic (exact) mass is 1070 g/mol. The van der Waals surface area contributed by atoms with Crippen LogP contribution in [0.5, 0.6) is 0 Å². The molecule has 0 saturated heterocycles. The molecule has 0 spiro atoms. The number of hydrogen-bond donors (Lipinski definition) is 0. The first-order valence-electron chi connectivity index (χ1n) is 30.5. The SMILES string of the molecule is C=C(C)C(=O)O[Si](CCCC)(CCCC)O[Si](CCCC)(CCCC)O[Si](CCCC)(CCCC)O[Si](CCCC)(CCCC)O[Si](CCCC)(CCCC)O[Si](CCCC)(CCCC)CCCC. The van der Waals surface area contributed by atoms with Crippen LogP contribution in [0.1, 0.15) is 264 Å². The van der Waals surface area contributed by atoms with Crippen LogP contribution in [0.25, 0.3) is 0 Å². The third-order valence-corrected chi connectivity index (χ3v) is 45.2. The Balaban J connectivity index is 8.89. The minimum Gasteiger partial charge on any atom is -0.491 e. The zero-order chi connectivity index (χ0) is 52.0. The molecule has 0 aromatic rings. The average Bonchev–Trinajstić information content (AvgIpc) is 3.35. The van der Waals surface area contributed by atoms with E-state index in [0.29, 0.717) is 5.57 Å². The zero-order valence-corrected chi connectivity index (χ0v) is 55.1. The maximum absolute atomic E-state index is 13.9. The molecule has 0 aliphatic heterocycles. The van der Waals surface area contributed by atoms with Crippen molar-refractivity contribution < 1.29 is 29.8 Å². The fraction of sp³-hybridized carbons (Fsp3) is 0.946. The molecule has 412 valence electrons. The first kappa shape index (κ1) is 69.3. The van der Waals surface area contributed by atoms with Crippen molar-refractivity contribution in [3.8, 4) is 0 Å². The molecule has 69 heavy (non-hydrogen) atoms. The molecule has 0 aromatic carbocycles. The van der Waals surface area contributed by atoms with Crippen LogP contribution in [0, 0.1) is 0 Å². The summed E-state index contributed by atoms with van der Waals surface area (Å²) in [5.74, 6) is -0.282. The van der Waals surface area contributed by atoms with Crippen LogP contribution in [0.2, 0.25) is 78.6 Å². The van der Waals surface area contributed by atoms with Gasteiger partial charge in [0.15, 0.2) is 8.32 Å². The molecule has 0 atom stereocenters. The number of hydrogen-bond acceptors (Lipinski definition) is 7. The van der Waals surface area contributed by atoms with Gasteiger partial charge in [-0.2, -0.15) is 0 Å². The Hall–Kier alpha value is 0.311. The van der Waals surface area contributed by atoms with Gasteiger partial charge in [0.05, 0.1) is 0 Å². The molecule has 0 saturated carbocycles. The van der Waals surface area contributed by atoms with Gasteiger partial charge in [0.25, 0.3) is 0 Å². The van der Waals surface area contributed by atoms with E-state index in [0.717, 1.165) is 189 Å². The lowest BCUT2D eigenvalue weighted by Crippen LogP contribution is -2.66. The normalized spacial score (nSPS) is 13.1. The summed E-state index contributed by atoms with van der Waals surface area (Å²) in [4.78, 5) is 13.9. The van der Waals surface area contributed by atoms with Crippen LogP contribution in [0.3, 0.4) is 0 Å². The largest absolute Gasteiger partial charge is 0.491 e. The van der Waals surface area contributed by atoms with Crippen molar-refractivity contribution in [2.45, 2.75) is 342 Å². The summed E-state index contributed by atoms with van der Waals surface area (Å²) >= 11 is 0. The van der Waals surface area contributed by atoms with E-state index in [1.54, 1.807) is 6.92 Å². The van der Waals surface area contributed by atoms with Crippen molar-refractivity contribution in [1.29, 1.82) is 0 Å². The third kappa shape index (κ3) is 27.6. The molecule has 0 bridgehead atoms. The van der Waals surface area contributed by atoms with Gasteiger partial charge in [0, 0.05) is 17.7 Å². The van der Waals surface area contributed by atoms with Gasteiger partial charge >= 0.3 is 48.8 Å².